The van der Waals surface area contributed by atoms with Crippen molar-refractivity contribution in [2.75, 3.05) is 18.4 Å². The quantitative estimate of drug-likeness (QED) is 0.695. The van der Waals surface area contributed by atoms with Crippen LogP contribution in [0.5, 0.6) is 0 Å². The second-order valence-electron chi connectivity index (χ2n) is 5.00. The summed E-state index contributed by atoms with van der Waals surface area (Å²) in [5, 5.41) is 8.56. The molecule has 0 saturated heterocycles. The summed E-state index contributed by atoms with van der Waals surface area (Å²) < 4.78 is 0.720. The molecule has 7 heteroatoms. The summed E-state index contributed by atoms with van der Waals surface area (Å²) in [6.07, 6.45) is 4.62. The first-order valence-electron chi connectivity index (χ1n) is 7.07. The van der Waals surface area contributed by atoms with Gasteiger partial charge in [0.25, 0.3) is 5.91 Å². The Morgan fingerprint density at radius 1 is 1.43 bits per heavy atom. The Kier molecular flexibility index (Phi) is 5.55. The van der Waals surface area contributed by atoms with Crippen LogP contribution in [0.2, 0.25) is 0 Å². The van der Waals surface area contributed by atoms with Gasteiger partial charge >= 0.3 is 0 Å². The lowest BCUT2D eigenvalue weighted by atomic mass is 10.2. The molecule has 0 aliphatic heterocycles. The van der Waals surface area contributed by atoms with Crippen molar-refractivity contribution in [3.63, 3.8) is 0 Å². The first-order valence-corrected chi connectivity index (χ1v) is 7.86. The Morgan fingerprint density at radius 2 is 2.19 bits per heavy atom. The van der Waals surface area contributed by atoms with Crippen LogP contribution in [0.25, 0.3) is 0 Å². The largest absolute Gasteiger partial charge is 0.369 e. The number of hydrogen-bond donors (Lipinski definition) is 3. The average molecular weight is 355 g/mol. The maximum absolute atomic E-state index is 12.2. The van der Waals surface area contributed by atoms with Crippen LogP contribution in [-0.2, 0) is 4.79 Å². The highest BCUT2D eigenvalue weighted by molar-refractivity contribution is 9.10. The molecule has 0 spiro atoms. The molecule has 2 rings (SSSR count). The summed E-state index contributed by atoms with van der Waals surface area (Å²) in [5.41, 5.74) is 0.428. The predicted octanol–water partition coefficient (Wildman–Crippen LogP) is 1.67. The molecular weight excluding hydrogens is 336 g/mol. The van der Waals surface area contributed by atoms with E-state index in [1.54, 1.807) is 12.3 Å². The molecule has 1 aromatic rings. The van der Waals surface area contributed by atoms with E-state index in [0.29, 0.717) is 17.4 Å². The predicted molar refractivity (Wildman–Crippen MR) is 84.2 cm³/mol. The Bertz CT molecular complexity index is 532. The van der Waals surface area contributed by atoms with E-state index in [0.717, 1.165) is 30.3 Å². The minimum Gasteiger partial charge on any atom is -0.369 e. The molecule has 1 aliphatic rings. The lowest BCUT2D eigenvalue weighted by molar-refractivity contribution is -0.120. The molecule has 3 N–H and O–H groups in total. The molecule has 0 bridgehead atoms. The maximum Gasteiger partial charge on any atom is 0.255 e. The highest BCUT2D eigenvalue weighted by atomic mass is 79.9. The molecule has 0 atom stereocenters. The van der Waals surface area contributed by atoms with Crippen molar-refractivity contribution in [3.05, 3.63) is 22.3 Å². The highest BCUT2D eigenvalue weighted by Crippen LogP contribution is 2.19. The van der Waals surface area contributed by atoms with Gasteiger partial charge in [-0.25, -0.2) is 4.98 Å². The third-order valence-electron chi connectivity index (χ3n) is 2.99. The molecule has 1 saturated carbocycles. The molecular formula is C14H19BrN4O2. The molecule has 1 aromatic heterocycles. The fourth-order valence-corrected chi connectivity index (χ4v) is 2.09. The first kappa shape index (κ1) is 15.8. The average Bonchev–Trinajstić information content (AvgIpc) is 3.27. The summed E-state index contributed by atoms with van der Waals surface area (Å²) in [6.45, 7) is 2.75. The lowest BCUT2D eigenvalue weighted by Gasteiger charge is -2.11. The third-order valence-corrected chi connectivity index (χ3v) is 3.43. The second-order valence-corrected chi connectivity index (χ2v) is 5.92. The number of anilines is 1. The maximum atomic E-state index is 12.2. The lowest BCUT2D eigenvalue weighted by Crippen LogP contribution is -2.38. The third kappa shape index (κ3) is 5.00. The van der Waals surface area contributed by atoms with E-state index in [9.17, 15) is 9.59 Å². The molecule has 114 valence electrons. The molecule has 1 aliphatic carbocycles. The van der Waals surface area contributed by atoms with Crippen molar-refractivity contribution in [2.24, 2.45) is 0 Å². The van der Waals surface area contributed by atoms with Crippen LogP contribution in [0.3, 0.4) is 0 Å². The number of amides is 2. The van der Waals surface area contributed by atoms with E-state index in [-0.39, 0.29) is 18.4 Å². The number of carbonyl (C=O) groups is 2. The van der Waals surface area contributed by atoms with Gasteiger partial charge in [0, 0.05) is 23.3 Å². The monoisotopic (exact) mass is 354 g/mol. The van der Waals surface area contributed by atoms with Crippen LogP contribution in [0.1, 0.15) is 36.5 Å². The van der Waals surface area contributed by atoms with Crippen LogP contribution >= 0.6 is 15.9 Å². The number of hydrogen-bond acceptors (Lipinski definition) is 4. The van der Waals surface area contributed by atoms with Gasteiger partial charge in [0.15, 0.2) is 0 Å². The summed E-state index contributed by atoms with van der Waals surface area (Å²) in [6, 6.07) is 1.99. The van der Waals surface area contributed by atoms with Gasteiger partial charge in [-0.05, 0) is 41.3 Å². The molecule has 2 amide bonds. The van der Waals surface area contributed by atoms with Crippen LogP contribution in [0.15, 0.2) is 16.7 Å². The van der Waals surface area contributed by atoms with Gasteiger partial charge in [-0.15, -0.1) is 0 Å². The molecule has 6 nitrogen and oxygen atoms in total. The number of rotatable bonds is 7. The van der Waals surface area contributed by atoms with E-state index in [4.69, 9.17) is 0 Å². The first-order chi connectivity index (χ1) is 10.1. The van der Waals surface area contributed by atoms with Crippen molar-refractivity contribution in [1.29, 1.82) is 0 Å². The van der Waals surface area contributed by atoms with Crippen molar-refractivity contribution in [1.82, 2.24) is 15.6 Å². The van der Waals surface area contributed by atoms with E-state index >= 15 is 0 Å². The number of nitrogens with one attached hydrogen (secondary N) is 3. The standard InChI is InChI=1S/C14H19BrN4O2/c1-2-5-16-13-11(6-9(15)7-17-13)14(21)18-8-12(20)19-10-3-4-10/h6-7,10H,2-5,8H2,1H3,(H,16,17)(H,18,21)(H,19,20). The Morgan fingerprint density at radius 3 is 2.86 bits per heavy atom. The van der Waals surface area contributed by atoms with Gasteiger partial charge in [0.05, 0.1) is 12.1 Å². The summed E-state index contributed by atoms with van der Waals surface area (Å²) in [7, 11) is 0. The van der Waals surface area contributed by atoms with E-state index in [1.165, 1.54) is 0 Å². The van der Waals surface area contributed by atoms with Gasteiger partial charge < -0.3 is 16.0 Å². The van der Waals surface area contributed by atoms with Crippen molar-refractivity contribution >= 4 is 33.6 Å². The summed E-state index contributed by atoms with van der Waals surface area (Å²) in [4.78, 5) is 28.0. The SMILES string of the molecule is CCCNc1ncc(Br)cc1C(=O)NCC(=O)NC1CC1. The zero-order valence-electron chi connectivity index (χ0n) is 11.9. The molecule has 0 radical (unpaired) electrons. The normalized spacial score (nSPS) is 13.6. The van der Waals surface area contributed by atoms with Crippen molar-refractivity contribution < 1.29 is 9.59 Å². The van der Waals surface area contributed by atoms with Crippen LogP contribution in [-0.4, -0.2) is 35.9 Å². The van der Waals surface area contributed by atoms with Gasteiger partial charge in [-0.1, -0.05) is 6.92 Å². The van der Waals surface area contributed by atoms with Crippen molar-refractivity contribution in [3.8, 4) is 0 Å². The van der Waals surface area contributed by atoms with Crippen LogP contribution < -0.4 is 16.0 Å². The molecule has 21 heavy (non-hydrogen) atoms. The van der Waals surface area contributed by atoms with Crippen molar-refractivity contribution in [2.45, 2.75) is 32.2 Å². The summed E-state index contributed by atoms with van der Waals surface area (Å²) in [5.74, 6) is 0.0605. The minimum atomic E-state index is -0.312. The smallest absolute Gasteiger partial charge is 0.255 e. The molecule has 1 fully saturated rings. The Hall–Kier alpha value is -1.63. The fraction of sp³-hybridized carbons (Fsp3) is 0.500. The molecule has 1 heterocycles. The van der Waals surface area contributed by atoms with Gasteiger partial charge in [0.1, 0.15) is 5.82 Å². The zero-order chi connectivity index (χ0) is 15.2. The second kappa shape index (κ2) is 7.40. The van der Waals surface area contributed by atoms with Gasteiger partial charge in [-0.3, -0.25) is 9.59 Å². The fourth-order valence-electron chi connectivity index (χ4n) is 1.76. The van der Waals surface area contributed by atoms with E-state index in [1.807, 2.05) is 6.92 Å². The molecule has 0 unspecified atom stereocenters. The topological polar surface area (TPSA) is 83.1 Å². The van der Waals surface area contributed by atoms with E-state index < -0.39 is 0 Å². The minimum absolute atomic E-state index is 0.0188. The van der Waals surface area contributed by atoms with Crippen LogP contribution in [0.4, 0.5) is 5.82 Å². The number of nitrogens with zero attached hydrogens (tertiary/aromatic N) is 1. The number of carbonyl (C=O) groups excluding carboxylic acids is 2. The number of aromatic nitrogens is 1. The highest BCUT2D eigenvalue weighted by Gasteiger charge is 2.23. The Balaban J connectivity index is 1.95. The van der Waals surface area contributed by atoms with Gasteiger partial charge in [0.2, 0.25) is 5.91 Å². The summed E-state index contributed by atoms with van der Waals surface area (Å²) >= 11 is 3.30. The molecule has 0 aromatic carbocycles. The van der Waals surface area contributed by atoms with E-state index in [2.05, 4.69) is 36.9 Å². The zero-order valence-corrected chi connectivity index (χ0v) is 13.5. The van der Waals surface area contributed by atoms with Gasteiger partial charge in [-0.2, -0.15) is 0 Å². The van der Waals surface area contributed by atoms with Crippen LogP contribution in [0, 0.1) is 0 Å². The number of pyridine rings is 1. The Labute approximate surface area is 132 Å². The number of halogens is 1.